The molecule has 2 heterocycles. The second kappa shape index (κ2) is 6.37. The number of halogens is 1. The Labute approximate surface area is 132 Å². The van der Waals surface area contributed by atoms with Gasteiger partial charge in [0.1, 0.15) is 30.0 Å². The van der Waals surface area contributed by atoms with Crippen LogP contribution < -0.4 is 4.74 Å². The number of hydrogen-bond donors (Lipinski definition) is 0. The Morgan fingerprint density at radius 3 is 2.83 bits per heavy atom. The lowest BCUT2D eigenvalue weighted by atomic mass is 10.0. The molecule has 1 amide bonds. The summed E-state index contributed by atoms with van der Waals surface area (Å²) in [5, 5.41) is 3.66. The number of ether oxygens (including phenoxy) is 2. The highest BCUT2D eigenvalue weighted by atomic mass is 19.1. The highest BCUT2D eigenvalue weighted by Gasteiger charge is 2.41. The van der Waals surface area contributed by atoms with Crippen molar-refractivity contribution in [2.75, 3.05) is 26.8 Å². The number of aromatic nitrogens is 1. The van der Waals surface area contributed by atoms with E-state index in [0.717, 1.165) is 0 Å². The fourth-order valence-corrected chi connectivity index (χ4v) is 2.59. The molecule has 122 valence electrons. The van der Waals surface area contributed by atoms with E-state index in [2.05, 4.69) is 5.16 Å². The molecule has 3 rings (SSSR count). The van der Waals surface area contributed by atoms with Gasteiger partial charge in [0.15, 0.2) is 5.69 Å². The van der Waals surface area contributed by atoms with E-state index >= 15 is 0 Å². The SMILES string of the molecule is CO[C@@]1(COc2ccc(F)cc2)CCN(C(=O)c2ccon2)C1. The Morgan fingerprint density at radius 2 is 2.17 bits per heavy atom. The second-order valence-electron chi connectivity index (χ2n) is 5.49. The van der Waals surface area contributed by atoms with Crippen LogP contribution in [0.3, 0.4) is 0 Å². The third kappa shape index (κ3) is 3.34. The molecule has 1 aliphatic heterocycles. The predicted octanol–water partition coefficient (Wildman–Crippen LogP) is 2.12. The van der Waals surface area contributed by atoms with Crippen molar-refractivity contribution < 1.29 is 23.2 Å². The lowest BCUT2D eigenvalue weighted by Gasteiger charge is -2.27. The number of rotatable bonds is 5. The average molecular weight is 320 g/mol. The molecule has 1 saturated heterocycles. The van der Waals surface area contributed by atoms with Crippen molar-refractivity contribution in [2.45, 2.75) is 12.0 Å². The molecule has 2 aromatic rings. The Bertz CT molecular complexity index is 659. The number of amides is 1. The molecule has 0 spiro atoms. The number of carbonyl (C=O) groups excluding carboxylic acids is 1. The third-order valence-corrected chi connectivity index (χ3v) is 4.01. The minimum Gasteiger partial charge on any atom is -0.491 e. The average Bonchev–Trinajstić information content (AvgIpc) is 3.24. The van der Waals surface area contributed by atoms with Gasteiger partial charge in [0, 0.05) is 19.7 Å². The molecule has 0 saturated carbocycles. The van der Waals surface area contributed by atoms with Gasteiger partial charge in [-0.2, -0.15) is 0 Å². The van der Waals surface area contributed by atoms with E-state index < -0.39 is 5.60 Å². The van der Waals surface area contributed by atoms with E-state index in [1.165, 1.54) is 24.5 Å². The van der Waals surface area contributed by atoms with E-state index in [9.17, 15) is 9.18 Å². The van der Waals surface area contributed by atoms with Crippen LogP contribution in [0.5, 0.6) is 5.75 Å². The summed E-state index contributed by atoms with van der Waals surface area (Å²) in [6.45, 7) is 1.22. The molecule has 1 fully saturated rings. The normalized spacial score (nSPS) is 20.7. The zero-order valence-electron chi connectivity index (χ0n) is 12.7. The van der Waals surface area contributed by atoms with E-state index in [1.54, 1.807) is 24.1 Å². The number of likely N-dealkylation sites (tertiary alicyclic amines) is 1. The van der Waals surface area contributed by atoms with Crippen LogP contribution in [0.15, 0.2) is 41.1 Å². The summed E-state index contributed by atoms with van der Waals surface area (Å²) >= 11 is 0. The maximum atomic E-state index is 12.9. The minimum absolute atomic E-state index is 0.195. The molecule has 6 nitrogen and oxygen atoms in total. The van der Waals surface area contributed by atoms with Gasteiger partial charge in [-0.15, -0.1) is 0 Å². The van der Waals surface area contributed by atoms with Crippen molar-refractivity contribution in [3.63, 3.8) is 0 Å². The Morgan fingerprint density at radius 1 is 1.39 bits per heavy atom. The molecule has 1 aromatic carbocycles. The first kappa shape index (κ1) is 15.5. The van der Waals surface area contributed by atoms with Gasteiger partial charge in [0.05, 0.1) is 6.54 Å². The van der Waals surface area contributed by atoms with Gasteiger partial charge in [-0.25, -0.2) is 4.39 Å². The number of nitrogens with zero attached hydrogens (tertiary/aromatic N) is 2. The molecule has 0 radical (unpaired) electrons. The first-order valence-electron chi connectivity index (χ1n) is 7.25. The lowest BCUT2D eigenvalue weighted by molar-refractivity contribution is -0.0343. The number of carbonyl (C=O) groups is 1. The van der Waals surface area contributed by atoms with Gasteiger partial charge in [0.2, 0.25) is 0 Å². The van der Waals surface area contributed by atoms with Crippen molar-refractivity contribution >= 4 is 5.91 Å². The molecule has 0 N–H and O–H groups in total. The fraction of sp³-hybridized carbons (Fsp3) is 0.375. The lowest BCUT2D eigenvalue weighted by Crippen LogP contribution is -2.42. The van der Waals surface area contributed by atoms with Gasteiger partial charge >= 0.3 is 0 Å². The van der Waals surface area contributed by atoms with Gasteiger partial charge in [-0.1, -0.05) is 5.16 Å². The standard InChI is InChI=1S/C16H17FN2O4/c1-21-16(11-22-13-4-2-12(17)3-5-13)7-8-19(10-16)15(20)14-6-9-23-18-14/h2-6,9H,7-8,10-11H2,1H3/t16-/m0/s1. The molecule has 7 heteroatoms. The first-order valence-corrected chi connectivity index (χ1v) is 7.25. The molecule has 0 unspecified atom stereocenters. The third-order valence-electron chi connectivity index (χ3n) is 4.01. The predicted molar refractivity (Wildman–Crippen MR) is 78.7 cm³/mol. The monoisotopic (exact) mass is 320 g/mol. The van der Waals surface area contributed by atoms with Crippen LogP contribution in [0.4, 0.5) is 4.39 Å². The number of methoxy groups -OCH3 is 1. The number of benzene rings is 1. The highest BCUT2D eigenvalue weighted by Crippen LogP contribution is 2.27. The molecular formula is C16H17FN2O4. The summed E-state index contributed by atoms with van der Waals surface area (Å²) in [6, 6.07) is 7.33. The van der Waals surface area contributed by atoms with Crippen LogP contribution in [0, 0.1) is 5.82 Å². The van der Waals surface area contributed by atoms with E-state index in [0.29, 0.717) is 25.3 Å². The van der Waals surface area contributed by atoms with Gasteiger partial charge < -0.3 is 18.9 Å². The summed E-state index contributed by atoms with van der Waals surface area (Å²) in [5.41, 5.74) is -0.315. The maximum absolute atomic E-state index is 12.9. The zero-order valence-corrected chi connectivity index (χ0v) is 12.7. The van der Waals surface area contributed by atoms with Crippen molar-refractivity contribution in [3.8, 4) is 5.75 Å². The zero-order chi connectivity index (χ0) is 16.3. The molecule has 23 heavy (non-hydrogen) atoms. The molecular weight excluding hydrogens is 303 g/mol. The Kier molecular flexibility index (Phi) is 4.29. The fourth-order valence-electron chi connectivity index (χ4n) is 2.59. The topological polar surface area (TPSA) is 64.8 Å². The summed E-state index contributed by atoms with van der Waals surface area (Å²) in [4.78, 5) is 14.0. The van der Waals surface area contributed by atoms with Crippen LogP contribution in [0.2, 0.25) is 0 Å². The van der Waals surface area contributed by atoms with Crippen molar-refractivity contribution in [3.05, 3.63) is 48.1 Å². The molecule has 1 aliphatic rings. The van der Waals surface area contributed by atoms with E-state index in [1.807, 2.05) is 0 Å². The van der Waals surface area contributed by atoms with E-state index in [4.69, 9.17) is 14.0 Å². The molecule has 0 aliphatic carbocycles. The van der Waals surface area contributed by atoms with Crippen molar-refractivity contribution in [1.82, 2.24) is 10.1 Å². The Hall–Kier alpha value is -2.41. The summed E-state index contributed by atoms with van der Waals surface area (Å²) in [6.07, 6.45) is 2.01. The highest BCUT2D eigenvalue weighted by molar-refractivity contribution is 5.92. The largest absolute Gasteiger partial charge is 0.491 e. The van der Waals surface area contributed by atoms with Crippen LogP contribution in [-0.2, 0) is 4.74 Å². The maximum Gasteiger partial charge on any atom is 0.276 e. The van der Waals surface area contributed by atoms with Crippen LogP contribution in [0.25, 0.3) is 0 Å². The minimum atomic E-state index is -0.590. The van der Waals surface area contributed by atoms with E-state index in [-0.39, 0.29) is 24.0 Å². The molecule has 0 bridgehead atoms. The summed E-state index contributed by atoms with van der Waals surface area (Å²) < 4.78 is 28.9. The number of hydrogen-bond acceptors (Lipinski definition) is 5. The van der Waals surface area contributed by atoms with Gasteiger partial charge in [0.25, 0.3) is 5.91 Å². The van der Waals surface area contributed by atoms with Crippen LogP contribution >= 0.6 is 0 Å². The molecule has 1 aromatic heterocycles. The Balaban J connectivity index is 1.63. The second-order valence-corrected chi connectivity index (χ2v) is 5.49. The van der Waals surface area contributed by atoms with Gasteiger partial charge in [-0.05, 0) is 30.7 Å². The summed E-state index contributed by atoms with van der Waals surface area (Å²) in [5.74, 6) is 0.0487. The van der Waals surface area contributed by atoms with Crippen LogP contribution in [-0.4, -0.2) is 48.4 Å². The smallest absolute Gasteiger partial charge is 0.276 e. The summed E-state index contributed by atoms with van der Waals surface area (Å²) in [7, 11) is 1.60. The quantitative estimate of drug-likeness (QED) is 0.844. The van der Waals surface area contributed by atoms with Crippen molar-refractivity contribution in [2.24, 2.45) is 0 Å². The van der Waals surface area contributed by atoms with Crippen molar-refractivity contribution in [1.29, 1.82) is 0 Å². The van der Waals surface area contributed by atoms with Crippen LogP contribution in [0.1, 0.15) is 16.9 Å². The van der Waals surface area contributed by atoms with Gasteiger partial charge in [-0.3, -0.25) is 4.79 Å². The first-order chi connectivity index (χ1) is 11.1. The molecule has 1 atom stereocenters.